The normalized spacial score (nSPS) is 12.8. The average Bonchev–Trinajstić information content (AvgIpc) is 2.84. The Labute approximate surface area is 146 Å². The number of fused-ring (bicyclic) bond motifs is 1. The lowest BCUT2D eigenvalue weighted by molar-refractivity contribution is 0.311. The third-order valence-corrected chi connectivity index (χ3v) is 4.39. The third-order valence-electron chi connectivity index (χ3n) is 4.14. The van der Waals surface area contributed by atoms with Gasteiger partial charge in [-0.1, -0.05) is 23.7 Å². The summed E-state index contributed by atoms with van der Waals surface area (Å²) in [4.78, 5) is 10.9. The van der Waals surface area contributed by atoms with Crippen molar-refractivity contribution in [3.05, 3.63) is 46.9 Å². The first kappa shape index (κ1) is 16.7. The molecule has 1 atom stereocenters. The maximum Gasteiger partial charge on any atom is 0.163 e. The summed E-state index contributed by atoms with van der Waals surface area (Å²) in [7, 11) is 6.01. The van der Waals surface area contributed by atoms with E-state index < -0.39 is 0 Å². The van der Waals surface area contributed by atoms with Crippen LogP contribution in [0, 0.1) is 6.92 Å². The number of halogens is 1. The number of likely N-dealkylation sites (N-methyl/N-ethyl adjacent to an activating group) is 1. The maximum atomic E-state index is 6.00. The van der Waals surface area contributed by atoms with Gasteiger partial charge in [0.2, 0.25) is 0 Å². The molecule has 1 aromatic carbocycles. The molecule has 3 aromatic rings. The molecule has 0 saturated carbocycles. The quantitative estimate of drug-likeness (QED) is 0.771. The van der Waals surface area contributed by atoms with E-state index in [1.165, 1.54) is 5.56 Å². The van der Waals surface area contributed by atoms with Crippen molar-refractivity contribution < 1.29 is 0 Å². The first-order chi connectivity index (χ1) is 11.5. The first-order valence-electron chi connectivity index (χ1n) is 7.77. The SMILES string of the molecule is Cc1nn(C)c2ncnc(NCC(c3ccc(Cl)cc3)N(C)C)c12. The molecule has 2 aromatic heterocycles. The smallest absolute Gasteiger partial charge is 0.163 e. The molecular formula is C17H21ClN6. The van der Waals surface area contributed by atoms with Crippen molar-refractivity contribution >= 4 is 28.5 Å². The van der Waals surface area contributed by atoms with Crippen molar-refractivity contribution in [1.29, 1.82) is 0 Å². The molecule has 7 heteroatoms. The molecule has 1 unspecified atom stereocenters. The van der Waals surface area contributed by atoms with Crippen LogP contribution in [-0.2, 0) is 7.05 Å². The Hall–Kier alpha value is -2.18. The van der Waals surface area contributed by atoms with E-state index in [0.717, 1.165) is 34.1 Å². The van der Waals surface area contributed by atoms with Gasteiger partial charge >= 0.3 is 0 Å². The van der Waals surface area contributed by atoms with Crippen molar-refractivity contribution in [2.24, 2.45) is 7.05 Å². The van der Waals surface area contributed by atoms with E-state index in [9.17, 15) is 0 Å². The average molecular weight is 345 g/mol. The molecule has 1 N–H and O–H groups in total. The van der Waals surface area contributed by atoms with E-state index in [0.29, 0.717) is 0 Å². The van der Waals surface area contributed by atoms with E-state index in [1.54, 1.807) is 11.0 Å². The van der Waals surface area contributed by atoms with E-state index in [2.05, 4.69) is 51.5 Å². The number of anilines is 1. The lowest BCUT2D eigenvalue weighted by Gasteiger charge is -2.25. The predicted octanol–water partition coefficient (Wildman–Crippen LogP) is 3.04. The third kappa shape index (κ3) is 3.20. The van der Waals surface area contributed by atoms with Gasteiger partial charge in [-0.2, -0.15) is 5.10 Å². The molecule has 0 aliphatic carbocycles. The van der Waals surface area contributed by atoms with Gasteiger partial charge in [-0.3, -0.25) is 4.68 Å². The molecule has 6 nitrogen and oxygen atoms in total. The fourth-order valence-corrected chi connectivity index (χ4v) is 3.01. The van der Waals surface area contributed by atoms with Crippen molar-refractivity contribution in [2.75, 3.05) is 26.0 Å². The number of nitrogens with one attached hydrogen (secondary N) is 1. The van der Waals surface area contributed by atoms with Crippen LogP contribution in [0.25, 0.3) is 11.0 Å². The second-order valence-corrected chi connectivity index (χ2v) is 6.48. The highest BCUT2D eigenvalue weighted by Crippen LogP contribution is 2.25. The van der Waals surface area contributed by atoms with Gasteiger partial charge in [0.1, 0.15) is 12.1 Å². The number of hydrogen-bond acceptors (Lipinski definition) is 5. The molecular weight excluding hydrogens is 324 g/mol. The van der Waals surface area contributed by atoms with Gasteiger partial charge in [0.05, 0.1) is 17.1 Å². The summed E-state index contributed by atoms with van der Waals surface area (Å²) in [6.45, 7) is 2.69. The maximum absolute atomic E-state index is 6.00. The van der Waals surface area contributed by atoms with E-state index >= 15 is 0 Å². The second-order valence-electron chi connectivity index (χ2n) is 6.04. The predicted molar refractivity (Wildman–Crippen MR) is 97.4 cm³/mol. The lowest BCUT2D eigenvalue weighted by atomic mass is 10.1. The minimum Gasteiger partial charge on any atom is -0.367 e. The summed E-state index contributed by atoms with van der Waals surface area (Å²) in [5.41, 5.74) is 2.95. The molecule has 126 valence electrons. The van der Waals surface area contributed by atoms with Gasteiger partial charge in [-0.25, -0.2) is 9.97 Å². The van der Waals surface area contributed by atoms with E-state index in [4.69, 9.17) is 11.6 Å². The van der Waals surface area contributed by atoms with Gasteiger partial charge in [0.15, 0.2) is 5.65 Å². The van der Waals surface area contributed by atoms with Crippen molar-refractivity contribution in [3.63, 3.8) is 0 Å². The summed E-state index contributed by atoms with van der Waals surface area (Å²) in [5.74, 6) is 0.811. The fraction of sp³-hybridized carbons (Fsp3) is 0.353. The Kier molecular flexibility index (Phi) is 4.69. The molecule has 3 rings (SSSR count). The van der Waals surface area contributed by atoms with Crippen LogP contribution in [0.3, 0.4) is 0 Å². The summed E-state index contributed by atoms with van der Waals surface area (Å²) in [5, 5.41) is 9.60. The summed E-state index contributed by atoms with van der Waals surface area (Å²) in [6.07, 6.45) is 1.57. The Morgan fingerprint density at radius 3 is 2.58 bits per heavy atom. The Balaban J connectivity index is 1.87. The zero-order valence-corrected chi connectivity index (χ0v) is 15.0. The number of aromatic nitrogens is 4. The number of aryl methyl sites for hydroxylation is 2. The van der Waals surface area contributed by atoms with Crippen LogP contribution < -0.4 is 5.32 Å². The molecule has 0 amide bonds. The van der Waals surface area contributed by atoms with Crippen molar-refractivity contribution in [3.8, 4) is 0 Å². The van der Waals surface area contributed by atoms with Gasteiger partial charge in [0, 0.05) is 18.6 Å². The number of benzene rings is 1. The van der Waals surface area contributed by atoms with Crippen LogP contribution in [0.2, 0.25) is 5.02 Å². The first-order valence-corrected chi connectivity index (χ1v) is 8.15. The van der Waals surface area contributed by atoms with Gasteiger partial charge < -0.3 is 10.2 Å². The van der Waals surface area contributed by atoms with Gasteiger partial charge in [0.25, 0.3) is 0 Å². The van der Waals surface area contributed by atoms with Crippen LogP contribution in [-0.4, -0.2) is 45.3 Å². The zero-order chi connectivity index (χ0) is 17.3. The van der Waals surface area contributed by atoms with E-state index in [-0.39, 0.29) is 6.04 Å². The summed E-state index contributed by atoms with van der Waals surface area (Å²) < 4.78 is 1.78. The molecule has 0 aliphatic rings. The lowest BCUT2D eigenvalue weighted by Crippen LogP contribution is -2.27. The van der Waals surface area contributed by atoms with Crippen molar-refractivity contribution in [2.45, 2.75) is 13.0 Å². The highest BCUT2D eigenvalue weighted by Gasteiger charge is 2.17. The Bertz CT molecular complexity index is 840. The Morgan fingerprint density at radius 2 is 1.92 bits per heavy atom. The van der Waals surface area contributed by atoms with E-state index in [1.807, 2.05) is 26.1 Å². The van der Waals surface area contributed by atoms with Gasteiger partial charge in [-0.05, 0) is 38.7 Å². The summed E-state index contributed by atoms with van der Waals surface area (Å²) >= 11 is 6.00. The van der Waals surface area contributed by atoms with Crippen LogP contribution in [0.5, 0.6) is 0 Å². The van der Waals surface area contributed by atoms with Crippen LogP contribution >= 0.6 is 11.6 Å². The summed E-state index contributed by atoms with van der Waals surface area (Å²) in [6, 6.07) is 8.15. The monoisotopic (exact) mass is 344 g/mol. The molecule has 0 fully saturated rings. The largest absolute Gasteiger partial charge is 0.367 e. The molecule has 0 radical (unpaired) electrons. The van der Waals surface area contributed by atoms with Crippen LogP contribution in [0.4, 0.5) is 5.82 Å². The van der Waals surface area contributed by atoms with Crippen molar-refractivity contribution in [1.82, 2.24) is 24.6 Å². The standard InChI is InChI=1S/C17H21ClN6/c1-11-15-16(20-10-21-17(15)24(4)22-11)19-9-14(23(2)3)12-5-7-13(18)8-6-12/h5-8,10,14H,9H2,1-4H3,(H,19,20,21). The highest BCUT2D eigenvalue weighted by molar-refractivity contribution is 6.30. The molecule has 0 aliphatic heterocycles. The van der Waals surface area contributed by atoms with Gasteiger partial charge in [-0.15, -0.1) is 0 Å². The molecule has 0 saturated heterocycles. The highest BCUT2D eigenvalue weighted by atomic mass is 35.5. The molecule has 24 heavy (non-hydrogen) atoms. The molecule has 0 spiro atoms. The molecule has 2 heterocycles. The second kappa shape index (κ2) is 6.75. The Morgan fingerprint density at radius 1 is 1.21 bits per heavy atom. The topological polar surface area (TPSA) is 58.9 Å². The number of hydrogen-bond donors (Lipinski definition) is 1. The minimum atomic E-state index is 0.198. The zero-order valence-electron chi connectivity index (χ0n) is 14.3. The number of rotatable bonds is 5. The minimum absolute atomic E-state index is 0.198. The fourth-order valence-electron chi connectivity index (χ4n) is 2.89. The van der Waals surface area contributed by atoms with Crippen LogP contribution in [0.1, 0.15) is 17.3 Å². The molecule has 0 bridgehead atoms. The number of nitrogens with zero attached hydrogens (tertiary/aromatic N) is 5. The van der Waals surface area contributed by atoms with Crippen LogP contribution in [0.15, 0.2) is 30.6 Å².